The van der Waals surface area contributed by atoms with Crippen LogP contribution in [0.3, 0.4) is 0 Å². The number of nitrogens with zero attached hydrogens (tertiary/aromatic N) is 3. The molecule has 0 atom stereocenters. The molecule has 2 aromatic rings. The molecule has 0 N–H and O–H groups in total. The Morgan fingerprint density at radius 3 is 2.11 bits per heavy atom. The summed E-state index contributed by atoms with van der Waals surface area (Å²) in [5.41, 5.74) is 2.76. The van der Waals surface area contributed by atoms with E-state index in [2.05, 4.69) is 57.2 Å². The number of likely N-dealkylation sites (tertiary alicyclic amines) is 1. The number of piperazine rings is 1. The summed E-state index contributed by atoms with van der Waals surface area (Å²) in [7, 11) is 0. The molecule has 2 saturated heterocycles. The Labute approximate surface area is 174 Å². The van der Waals surface area contributed by atoms with Crippen molar-refractivity contribution in [2.24, 2.45) is 5.92 Å². The van der Waals surface area contributed by atoms with Gasteiger partial charge in [0.25, 0.3) is 0 Å². The normalized spacial score (nSPS) is 19.8. The van der Waals surface area contributed by atoms with Crippen LogP contribution in [0.2, 0.25) is 5.02 Å². The first-order valence-corrected chi connectivity index (χ1v) is 11.1. The number of anilines is 1. The summed E-state index contributed by atoms with van der Waals surface area (Å²) < 4.78 is 0. The predicted octanol–water partition coefficient (Wildman–Crippen LogP) is 4.42. The molecule has 0 unspecified atom stereocenters. The van der Waals surface area contributed by atoms with E-state index in [1.807, 2.05) is 12.1 Å². The van der Waals surface area contributed by atoms with E-state index >= 15 is 0 Å². The zero-order chi connectivity index (χ0) is 19.2. The maximum Gasteiger partial charge on any atom is 0.0426 e. The van der Waals surface area contributed by atoms with Crippen molar-refractivity contribution in [2.45, 2.75) is 19.3 Å². The van der Waals surface area contributed by atoms with Gasteiger partial charge in [-0.1, -0.05) is 48.0 Å². The summed E-state index contributed by atoms with van der Waals surface area (Å²) in [6.45, 7) is 9.44. The van der Waals surface area contributed by atoms with E-state index in [1.165, 1.54) is 56.7 Å². The highest BCUT2D eigenvalue weighted by molar-refractivity contribution is 6.30. The second-order valence-corrected chi connectivity index (χ2v) is 8.72. The molecular weight excluding hydrogens is 366 g/mol. The second-order valence-electron chi connectivity index (χ2n) is 8.28. The Kier molecular flexibility index (Phi) is 6.90. The molecule has 0 radical (unpaired) electrons. The average molecular weight is 398 g/mol. The SMILES string of the molecule is Clc1cccc(N2CCN(CCN3CCC(Cc4ccccc4)CC3)CC2)c1. The van der Waals surface area contributed by atoms with Gasteiger partial charge in [-0.25, -0.2) is 0 Å². The molecule has 0 amide bonds. The van der Waals surface area contributed by atoms with Gasteiger partial charge in [-0.05, 0) is 62.0 Å². The van der Waals surface area contributed by atoms with Gasteiger partial charge >= 0.3 is 0 Å². The number of benzene rings is 2. The van der Waals surface area contributed by atoms with Gasteiger partial charge < -0.3 is 9.80 Å². The van der Waals surface area contributed by atoms with Gasteiger partial charge in [0.15, 0.2) is 0 Å². The fraction of sp³-hybridized carbons (Fsp3) is 0.500. The van der Waals surface area contributed by atoms with Crippen LogP contribution in [0.5, 0.6) is 0 Å². The van der Waals surface area contributed by atoms with Crippen molar-refractivity contribution in [1.29, 1.82) is 0 Å². The van der Waals surface area contributed by atoms with Crippen LogP contribution in [0.25, 0.3) is 0 Å². The number of hydrogen-bond donors (Lipinski definition) is 0. The molecule has 28 heavy (non-hydrogen) atoms. The lowest BCUT2D eigenvalue weighted by Gasteiger charge is -2.38. The van der Waals surface area contributed by atoms with Gasteiger partial charge in [0.1, 0.15) is 0 Å². The molecule has 2 fully saturated rings. The van der Waals surface area contributed by atoms with Crippen LogP contribution in [0.4, 0.5) is 5.69 Å². The number of piperidine rings is 1. The maximum absolute atomic E-state index is 6.14. The van der Waals surface area contributed by atoms with E-state index in [1.54, 1.807) is 0 Å². The lowest BCUT2D eigenvalue weighted by molar-refractivity contribution is 0.152. The Morgan fingerprint density at radius 1 is 0.750 bits per heavy atom. The van der Waals surface area contributed by atoms with Gasteiger partial charge in [-0.2, -0.15) is 0 Å². The van der Waals surface area contributed by atoms with E-state index in [0.717, 1.165) is 37.1 Å². The van der Waals surface area contributed by atoms with Crippen LogP contribution in [-0.4, -0.2) is 62.2 Å². The molecule has 4 rings (SSSR count). The van der Waals surface area contributed by atoms with Gasteiger partial charge in [0.2, 0.25) is 0 Å². The molecule has 2 aliphatic heterocycles. The fourth-order valence-electron chi connectivity index (χ4n) is 4.55. The van der Waals surface area contributed by atoms with Crippen molar-refractivity contribution in [3.63, 3.8) is 0 Å². The Bertz CT molecular complexity index is 720. The highest BCUT2D eigenvalue weighted by atomic mass is 35.5. The minimum absolute atomic E-state index is 0.829. The zero-order valence-electron chi connectivity index (χ0n) is 16.8. The molecule has 0 aliphatic carbocycles. The minimum atomic E-state index is 0.829. The van der Waals surface area contributed by atoms with Crippen LogP contribution in [0, 0.1) is 5.92 Å². The first-order valence-electron chi connectivity index (χ1n) is 10.8. The second kappa shape index (κ2) is 9.78. The first kappa shape index (κ1) is 19.8. The van der Waals surface area contributed by atoms with Crippen LogP contribution in [0.15, 0.2) is 54.6 Å². The number of rotatable bonds is 6. The lowest BCUT2D eigenvalue weighted by Crippen LogP contribution is -2.49. The molecule has 0 bridgehead atoms. The third kappa shape index (κ3) is 5.50. The highest BCUT2D eigenvalue weighted by Gasteiger charge is 2.21. The van der Waals surface area contributed by atoms with Crippen molar-refractivity contribution in [3.05, 3.63) is 65.2 Å². The van der Waals surface area contributed by atoms with E-state index in [4.69, 9.17) is 11.6 Å². The summed E-state index contributed by atoms with van der Waals surface area (Å²) in [6.07, 6.45) is 3.94. The zero-order valence-corrected chi connectivity index (χ0v) is 17.5. The Hall–Kier alpha value is -1.55. The van der Waals surface area contributed by atoms with Crippen LogP contribution in [-0.2, 0) is 6.42 Å². The quantitative estimate of drug-likeness (QED) is 0.714. The van der Waals surface area contributed by atoms with Crippen LogP contribution in [0.1, 0.15) is 18.4 Å². The van der Waals surface area contributed by atoms with Gasteiger partial charge in [-0.15, -0.1) is 0 Å². The van der Waals surface area contributed by atoms with E-state index < -0.39 is 0 Å². The maximum atomic E-state index is 6.14. The standard InChI is InChI=1S/C24H32ClN3/c25-23-7-4-8-24(20-23)28-17-15-27(16-18-28)14-13-26-11-9-22(10-12-26)19-21-5-2-1-3-6-21/h1-8,20,22H,9-19H2. The third-order valence-corrected chi connectivity index (χ3v) is 6.59. The van der Waals surface area contributed by atoms with Crippen molar-refractivity contribution in [1.82, 2.24) is 9.80 Å². The molecular formula is C24H32ClN3. The molecule has 4 heteroatoms. The van der Waals surface area contributed by atoms with Crippen molar-refractivity contribution in [3.8, 4) is 0 Å². The third-order valence-electron chi connectivity index (χ3n) is 6.35. The first-order chi connectivity index (χ1) is 13.8. The molecule has 2 aromatic carbocycles. The molecule has 2 heterocycles. The number of hydrogen-bond acceptors (Lipinski definition) is 3. The molecule has 0 aromatic heterocycles. The Morgan fingerprint density at radius 2 is 1.43 bits per heavy atom. The summed E-state index contributed by atoms with van der Waals surface area (Å²) in [5, 5.41) is 0.829. The van der Waals surface area contributed by atoms with Gasteiger partial charge in [-0.3, -0.25) is 4.90 Å². The van der Waals surface area contributed by atoms with Crippen LogP contribution >= 0.6 is 11.6 Å². The summed E-state index contributed by atoms with van der Waals surface area (Å²) in [6, 6.07) is 19.2. The van der Waals surface area contributed by atoms with Gasteiger partial charge in [0.05, 0.1) is 0 Å². The molecule has 3 nitrogen and oxygen atoms in total. The van der Waals surface area contributed by atoms with Crippen molar-refractivity contribution < 1.29 is 0 Å². The average Bonchev–Trinajstić information content (AvgIpc) is 2.74. The molecule has 0 spiro atoms. The minimum Gasteiger partial charge on any atom is -0.369 e. The topological polar surface area (TPSA) is 9.72 Å². The molecule has 150 valence electrons. The van der Waals surface area contributed by atoms with E-state index in [9.17, 15) is 0 Å². The van der Waals surface area contributed by atoms with E-state index in [0.29, 0.717) is 0 Å². The van der Waals surface area contributed by atoms with Gasteiger partial charge in [0, 0.05) is 50.0 Å². The molecule has 2 aliphatic rings. The Balaban J connectivity index is 1.15. The lowest BCUT2D eigenvalue weighted by atomic mass is 9.90. The van der Waals surface area contributed by atoms with Crippen molar-refractivity contribution >= 4 is 17.3 Å². The predicted molar refractivity (Wildman–Crippen MR) is 119 cm³/mol. The smallest absolute Gasteiger partial charge is 0.0426 e. The number of halogens is 1. The van der Waals surface area contributed by atoms with Crippen molar-refractivity contribution in [2.75, 3.05) is 57.3 Å². The largest absolute Gasteiger partial charge is 0.369 e. The van der Waals surface area contributed by atoms with E-state index in [-0.39, 0.29) is 0 Å². The fourth-order valence-corrected chi connectivity index (χ4v) is 4.73. The monoisotopic (exact) mass is 397 g/mol. The summed E-state index contributed by atoms with van der Waals surface area (Å²) in [4.78, 5) is 7.75. The molecule has 0 saturated carbocycles. The highest BCUT2D eigenvalue weighted by Crippen LogP contribution is 2.22. The summed E-state index contributed by atoms with van der Waals surface area (Å²) in [5.74, 6) is 0.861. The van der Waals surface area contributed by atoms with Crippen LogP contribution < -0.4 is 4.90 Å². The summed E-state index contributed by atoms with van der Waals surface area (Å²) >= 11 is 6.14.